The largest absolute Gasteiger partial charge is 0.462 e. The van der Waals surface area contributed by atoms with E-state index in [1.807, 2.05) is 6.07 Å². The van der Waals surface area contributed by atoms with Crippen LogP contribution >= 0.6 is 0 Å². The molecule has 3 aliphatic carbocycles. The van der Waals surface area contributed by atoms with E-state index in [1.54, 1.807) is 12.1 Å². The number of rotatable bonds is 6. The summed E-state index contributed by atoms with van der Waals surface area (Å²) in [7, 11) is -4.52. The molecule has 0 aliphatic heterocycles. The van der Waals surface area contributed by atoms with Crippen molar-refractivity contribution < 1.29 is 26.7 Å². The third kappa shape index (κ3) is 5.83. The number of fused-ring (bicyclic) bond motifs is 4. The molecular formula is C26H39NO6S. The molecule has 7 nitrogen and oxygen atoms in total. The smallest absolute Gasteiger partial charge is 0.446 e. The average Bonchev–Trinajstić information content (AvgIpc) is 3.09. The van der Waals surface area contributed by atoms with E-state index < -0.39 is 10.4 Å². The lowest BCUT2D eigenvalue weighted by atomic mass is 9.62. The molecule has 190 valence electrons. The molecule has 3 atom stereocenters. The number of carbonyl (C=O) groups excluding carboxylic acids is 1. The molecule has 1 N–H and O–H groups in total. The lowest BCUT2D eigenvalue weighted by Gasteiger charge is -2.44. The second kappa shape index (κ2) is 10.8. The van der Waals surface area contributed by atoms with Crippen LogP contribution in [0.15, 0.2) is 23.8 Å². The second-order valence-corrected chi connectivity index (χ2v) is 10.7. The van der Waals surface area contributed by atoms with Crippen molar-refractivity contribution in [3.05, 3.63) is 34.9 Å². The van der Waals surface area contributed by atoms with Crippen LogP contribution < -0.4 is 4.18 Å². The van der Waals surface area contributed by atoms with E-state index in [4.69, 9.17) is 9.29 Å². The fourth-order valence-corrected chi connectivity index (χ4v) is 6.43. The van der Waals surface area contributed by atoms with Crippen molar-refractivity contribution in [2.24, 2.45) is 11.3 Å². The van der Waals surface area contributed by atoms with Crippen LogP contribution in [0, 0.1) is 11.3 Å². The highest BCUT2D eigenvalue weighted by Crippen LogP contribution is 2.58. The lowest BCUT2D eigenvalue weighted by Crippen LogP contribution is -2.39. The van der Waals surface area contributed by atoms with E-state index >= 15 is 0 Å². The van der Waals surface area contributed by atoms with Gasteiger partial charge in [-0.25, -0.2) is 0 Å². The predicted octanol–water partition coefficient (Wildman–Crippen LogP) is 5.06. The average molecular weight is 494 g/mol. The van der Waals surface area contributed by atoms with E-state index in [2.05, 4.69) is 36.8 Å². The zero-order valence-electron chi connectivity index (χ0n) is 21.1. The topological polar surface area (TPSA) is 93.1 Å². The molecule has 0 unspecified atom stereocenters. The van der Waals surface area contributed by atoms with Gasteiger partial charge in [-0.3, -0.25) is 9.35 Å². The summed E-state index contributed by atoms with van der Waals surface area (Å²) < 4.78 is 41.0. The van der Waals surface area contributed by atoms with Gasteiger partial charge in [0.25, 0.3) is 0 Å². The van der Waals surface area contributed by atoms with Crippen molar-refractivity contribution in [3.8, 4) is 5.75 Å². The molecule has 34 heavy (non-hydrogen) atoms. The zero-order valence-corrected chi connectivity index (χ0v) is 21.9. The molecule has 4 rings (SSSR count). The van der Waals surface area contributed by atoms with E-state index in [9.17, 15) is 13.2 Å². The number of hydrogen-bond donors (Lipinski definition) is 1. The maximum Gasteiger partial charge on any atom is 0.446 e. The first-order valence-electron chi connectivity index (χ1n) is 12.4. The Bertz CT molecular complexity index is 1020. The highest BCUT2D eigenvalue weighted by Gasteiger charge is 2.52. The predicted molar refractivity (Wildman–Crippen MR) is 133 cm³/mol. The van der Waals surface area contributed by atoms with Gasteiger partial charge in [0.05, 0.1) is 0 Å². The quantitative estimate of drug-likeness (QED) is 0.437. The van der Waals surface area contributed by atoms with Crippen LogP contribution in [0.1, 0.15) is 77.8 Å². The van der Waals surface area contributed by atoms with Crippen molar-refractivity contribution >= 4 is 21.9 Å². The van der Waals surface area contributed by atoms with Crippen LogP contribution in [0.3, 0.4) is 0 Å². The molecule has 1 fully saturated rings. The molecule has 0 amide bonds. The summed E-state index contributed by atoms with van der Waals surface area (Å²) in [6.45, 7) is 13.9. The van der Waals surface area contributed by atoms with Crippen molar-refractivity contribution in [1.82, 2.24) is 4.90 Å². The number of carbonyl (C=O) groups is 1. The van der Waals surface area contributed by atoms with Crippen LogP contribution in [0.25, 0.3) is 5.57 Å². The zero-order chi connectivity index (χ0) is 25.1. The molecule has 0 heterocycles. The number of ether oxygens (including phenoxy) is 1. The number of allylic oxidation sites excluding steroid dienone is 2. The van der Waals surface area contributed by atoms with Gasteiger partial charge >= 0.3 is 16.4 Å². The first-order valence-corrected chi connectivity index (χ1v) is 13.8. The minimum absolute atomic E-state index is 0.00394. The summed E-state index contributed by atoms with van der Waals surface area (Å²) >= 11 is 0. The Kier molecular flexibility index (Phi) is 8.47. The van der Waals surface area contributed by atoms with E-state index in [-0.39, 0.29) is 23.2 Å². The molecule has 0 saturated heterocycles. The fraction of sp³-hybridized carbons (Fsp3) is 0.654. The van der Waals surface area contributed by atoms with Gasteiger partial charge in [-0.15, -0.1) is 0 Å². The maximum atomic E-state index is 11.5. The summed E-state index contributed by atoms with van der Waals surface area (Å²) in [5, 5.41) is 0. The molecule has 3 aliphatic rings. The Hall–Kier alpha value is -1.90. The summed E-state index contributed by atoms with van der Waals surface area (Å²) in [4.78, 5) is 13.9. The Morgan fingerprint density at radius 1 is 1.12 bits per heavy atom. The normalized spacial score (nSPS) is 25.6. The van der Waals surface area contributed by atoms with Crippen molar-refractivity contribution in [3.63, 3.8) is 0 Å². The molecule has 0 aromatic heterocycles. The molecule has 0 radical (unpaired) electrons. The highest BCUT2D eigenvalue weighted by molar-refractivity contribution is 7.81. The van der Waals surface area contributed by atoms with Gasteiger partial charge in [-0.1, -0.05) is 39.3 Å². The second-order valence-electron chi connectivity index (χ2n) is 9.69. The molecule has 0 spiro atoms. The monoisotopic (exact) mass is 493 g/mol. The van der Waals surface area contributed by atoms with Crippen molar-refractivity contribution in [2.45, 2.75) is 79.2 Å². The summed E-state index contributed by atoms with van der Waals surface area (Å²) in [6.07, 6.45) is 5.55. The number of benzene rings is 1. The van der Waals surface area contributed by atoms with Gasteiger partial charge in [-0.05, 0) is 92.9 Å². The Balaban J connectivity index is 0.000000406. The lowest BCUT2D eigenvalue weighted by molar-refractivity contribution is -0.152. The maximum absolute atomic E-state index is 11.5. The number of hydrogen-bond acceptors (Lipinski definition) is 6. The fourth-order valence-electron chi connectivity index (χ4n) is 6.09. The standard InChI is InChI=1S/C20H24O6S.C6H15N/c1-12(21)25-19-8-7-18-17-5-3-13-11-14(26-27(22,23)24)4-6-15(13)16(17)9-10-20(18,19)2;1-4-7(5-2)6-3/h4,6,11,18-19H,3,5,7-10H2,1-2H3,(H,22,23,24);4-6H2,1-3H3/t18-,19+,20-;/m0./s1. The molecule has 1 saturated carbocycles. The third-order valence-electron chi connectivity index (χ3n) is 7.89. The van der Waals surface area contributed by atoms with Crippen LogP contribution in [0.2, 0.25) is 0 Å². The Morgan fingerprint density at radius 3 is 2.35 bits per heavy atom. The summed E-state index contributed by atoms with van der Waals surface area (Å²) in [6, 6.07) is 5.19. The van der Waals surface area contributed by atoms with Crippen LogP contribution in [-0.4, -0.2) is 49.6 Å². The number of nitrogens with zero attached hydrogens (tertiary/aromatic N) is 1. The summed E-state index contributed by atoms with van der Waals surface area (Å²) in [5.74, 6) is 0.353. The number of aryl methyl sites for hydroxylation is 1. The van der Waals surface area contributed by atoms with Crippen LogP contribution in [0.5, 0.6) is 5.75 Å². The minimum Gasteiger partial charge on any atom is -0.462 e. The van der Waals surface area contributed by atoms with Gasteiger partial charge in [-0.2, -0.15) is 8.42 Å². The molecular weight excluding hydrogens is 454 g/mol. The van der Waals surface area contributed by atoms with E-state index in [0.29, 0.717) is 5.92 Å². The van der Waals surface area contributed by atoms with E-state index in [1.165, 1.54) is 37.7 Å². The van der Waals surface area contributed by atoms with Gasteiger partial charge < -0.3 is 13.8 Å². The van der Waals surface area contributed by atoms with Gasteiger partial charge in [0, 0.05) is 12.3 Å². The molecule has 0 bridgehead atoms. The van der Waals surface area contributed by atoms with E-state index in [0.717, 1.165) is 49.7 Å². The Morgan fingerprint density at radius 2 is 1.79 bits per heavy atom. The van der Waals surface area contributed by atoms with Crippen LogP contribution in [0.4, 0.5) is 0 Å². The van der Waals surface area contributed by atoms with Gasteiger partial charge in [0.15, 0.2) is 0 Å². The van der Waals surface area contributed by atoms with Gasteiger partial charge in [0.1, 0.15) is 11.9 Å². The first kappa shape index (κ1) is 26.7. The highest BCUT2D eigenvalue weighted by atomic mass is 32.3. The first-order chi connectivity index (χ1) is 16.0. The molecule has 1 aromatic rings. The molecule has 8 heteroatoms. The number of esters is 1. The van der Waals surface area contributed by atoms with Crippen LogP contribution in [-0.2, 0) is 26.4 Å². The third-order valence-corrected chi connectivity index (χ3v) is 8.29. The van der Waals surface area contributed by atoms with Crippen molar-refractivity contribution in [1.29, 1.82) is 0 Å². The summed E-state index contributed by atoms with van der Waals surface area (Å²) in [5.41, 5.74) is 5.01. The minimum atomic E-state index is -4.52. The Labute approximate surface area is 204 Å². The SMILES string of the molecule is CC(=O)O[C@@H]1CC[C@H]2C3=C(CC[C@]12C)c1ccc(OS(=O)(=O)O)cc1CC3.CCN(CC)CC. The molecule has 1 aromatic carbocycles. The van der Waals surface area contributed by atoms with Gasteiger partial charge in [0.2, 0.25) is 0 Å². The van der Waals surface area contributed by atoms with Crippen molar-refractivity contribution in [2.75, 3.05) is 19.6 Å².